The number of fused-ring (bicyclic) bond motifs is 1. The second-order valence-corrected chi connectivity index (χ2v) is 9.50. The Labute approximate surface area is 231 Å². The standard InChI is InChI=1S/C33H29F2N3O2/c1-2-33(34,35)40-31-16-15-25(24-12-8-11-23(17-24)22-9-4-3-5-10-22)19-29(31)32(39)38-27(20-36)18-26-21-37-30-14-7-6-13-28(26)30/h2-17,19,21,27,37H,1,18,20,36H2,(H,38,39). The third-order valence-corrected chi connectivity index (χ3v) is 6.77. The number of alkyl halides is 2. The number of amides is 1. The molecule has 0 saturated heterocycles. The van der Waals surface area contributed by atoms with Crippen molar-refractivity contribution in [3.8, 4) is 28.0 Å². The lowest BCUT2D eigenvalue weighted by Gasteiger charge is -2.20. The minimum atomic E-state index is -3.65. The molecule has 0 aliphatic carbocycles. The summed E-state index contributed by atoms with van der Waals surface area (Å²) in [5.74, 6) is -0.820. The second-order valence-electron chi connectivity index (χ2n) is 9.50. The van der Waals surface area contributed by atoms with Crippen molar-refractivity contribution < 1.29 is 18.3 Å². The summed E-state index contributed by atoms with van der Waals surface area (Å²) in [5, 5.41) is 3.95. The molecule has 0 radical (unpaired) electrons. The van der Waals surface area contributed by atoms with E-state index in [2.05, 4.69) is 16.9 Å². The number of hydrogen-bond donors (Lipinski definition) is 3. The first-order valence-corrected chi connectivity index (χ1v) is 12.9. The molecule has 0 saturated carbocycles. The van der Waals surface area contributed by atoms with Crippen LogP contribution in [0, 0.1) is 0 Å². The minimum Gasteiger partial charge on any atom is -0.429 e. The number of hydrogen-bond acceptors (Lipinski definition) is 3. The van der Waals surface area contributed by atoms with Gasteiger partial charge in [0.15, 0.2) is 0 Å². The highest BCUT2D eigenvalue weighted by atomic mass is 19.3. The third-order valence-electron chi connectivity index (χ3n) is 6.77. The number of H-pyrrole nitrogens is 1. The molecule has 202 valence electrons. The average Bonchev–Trinajstić information content (AvgIpc) is 3.40. The molecule has 5 aromatic rings. The zero-order valence-corrected chi connectivity index (χ0v) is 21.7. The lowest BCUT2D eigenvalue weighted by Crippen LogP contribution is -2.42. The van der Waals surface area contributed by atoms with Crippen molar-refractivity contribution in [2.24, 2.45) is 5.73 Å². The number of carbonyl (C=O) groups excluding carboxylic acids is 1. The summed E-state index contributed by atoms with van der Waals surface area (Å²) in [7, 11) is 0. The lowest BCUT2D eigenvalue weighted by molar-refractivity contribution is -0.131. The highest BCUT2D eigenvalue weighted by molar-refractivity contribution is 5.98. The van der Waals surface area contributed by atoms with Crippen molar-refractivity contribution in [3.05, 3.63) is 127 Å². The molecule has 0 fully saturated rings. The molecule has 0 spiro atoms. The van der Waals surface area contributed by atoms with Crippen LogP contribution in [-0.2, 0) is 6.42 Å². The number of carbonyl (C=O) groups is 1. The van der Waals surface area contributed by atoms with E-state index in [1.54, 1.807) is 12.1 Å². The quantitative estimate of drug-likeness (QED) is 0.169. The van der Waals surface area contributed by atoms with E-state index in [1.807, 2.05) is 85.1 Å². The van der Waals surface area contributed by atoms with Crippen LogP contribution in [0.15, 0.2) is 116 Å². The number of ether oxygens (including phenoxy) is 1. The Bertz CT molecular complexity index is 1650. The zero-order valence-electron chi connectivity index (χ0n) is 21.7. The Morgan fingerprint density at radius 1 is 0.925 bits per heavy atom. The maximum absolute atomic E-state index is 14.2. The van der Waals surface area contributed by atoms with E-state index < -0.39 is 18.1 Å². The fraction of sp³-hybridized carbons (Fsp3) is 0.121. The number of nitrogens with two attached hydrogens (primary N) is 1. The van der Waals surface area contributed by atoms with Crippen LogP contribution in [-0.4, -0.2) is 29.6 Å². The van der Waals surface area contributed by atoms with Crippen molar-refractivity contribution in [2.75, 3.05) is 6.54 Å². The lowest BCUT2D eigenvalue weighted by atomic mass is 9.97. The van der Waals surface area contributed by atoms with Crippen molar-refractivity contribution in [1.82, 2.24) is 10.3 Å². The molecule has 1 heterocycles. The summed E-state index contributed by atoms with van der Waals surface area (Å²) in [5.41, 5.74) is 11.5. The summed E-state index contributed by atoms with van der Waals surface area (Å²) in [6.07, 6.45) is -0.907. The summed E-state index contributed by atoms with van der Waals surface area (Å²) < 4.78 is 33.3. The first-order valence-electron chi connectivity index (χ1n) is 12.9. The summed E-state index contributed by atoms with van der Waals surface area (Å²) in [6, 6.07) is 29.7. The molecule has 40 heavy (non-hydrogen) atoms. The third kappa shape index (κ3) is 5.95. The fourth-order valence-electron chi connectivity index (χ4n) is 4.70. The van der Waals surface area contributed by atoms with E-state index in [1.165, 1.54) is 6.07 Å². The Kier molecular flexibility index (Phi) is 7.75. The molecule has 7 heteroatoms. The molecule has 0 aliphatic heterocycles. The van der Waals surface area contributed by atoms with Crippen LogP contribution in [0.1, 0.15) is 15.9 Å². The van der Waals surface area contributed by atoms with E-state index in [0.29, 0.717) is 18.1 Å². The maximum atomic E-state index is 14.2. The van der Waals surface area contributed by atoms with Crippen LogP contribution in [0.3, 0.4) is 0 Å². The molecule has 5 rings (SSSR count). The van der Waals surface area contributed by atoms with Gasteiger partial charge in [0.05, 0.1) is 5.56 Å². The van der Waals surface area contributed by atoms with Crippen LogP contribution >= 0.6 is 0 Å². The summed E-state index contributed by atoms with van der Waals surface area (Å²) in [6.45, 7) is 3.30. The fourth-order valence-corrected chi connectivity index (χ4v) is 4.70. The molecule has 1 atom stereocenters. The van der Waals surface area contributed by atoms with Crippen LogP contribution in [0.25, 0.3) is 33.2 Å². The predicted octanol–water partition coefficient (Wildman–Crippen LogP) is 6.96. The molecule has 4 aromatic carbocycles. The molecular weight excluding hydrogens is 508 g/mol. The van der Waals surface area contributed by atoms with Crippen molar-refractivity contribution in [2.45, 2.75) is 18.6 Å². The topological polar surface area (TPSA) is 80.1 Å². The van der Waals surface area contributed by atoms with Gasteiger partial charge in [-0.2, -0.15) is 8.78 Å². The Hall–Kier alpha value is -4.75. The Balaban J connectivity index is 1.46. The van der Waals surface area contributed by atoms with Gasteiger partial charge >= 0.3 is 6.11 Å². The van der Waals surface area contributed by atoms with E-state index >= 15 is 0 Å². The zero-order chi connectivity index (χ0) is 28.1. The van der Waals surface area contributed by atoms with Gasteiger partial charge in [0, 0.05) is 35.8 Å². The van der Waals surface area contributed by atoms with Gasteiger partial charge in [0.25, 0.3) is 5.91 Å². The molecule has 4 N–H and O–H groups in total. The number of nitrogens with one attached hydrogen (secondary N) is 2. The monoisotopic (exact) mass is 537 g/mol. The van der Waals surface area contributed by atoms with Crippen LogP contribution in [0.4, 0.5) is 8.78 Å². The van der Waals surface area contributed by atoms with Crippen LogP contribution in [0.5, 0.6) is 5.75 Å². The number of rotatable bonds is 10. The van der Waals surface area contributed by atoms with Crippen LogP contribution < -0.4 is 15.8 Å². The Morgan fingerprint density at radius 2 is 1.60 bits per heavy atom. The second kappa shape index (κ2) is 11.6. The number of halogens is 2. The average molecular weight is 538 g/mol. The van der Waals surface area contributed by atoms with Gasteiger partial charge in [-0.3, -0.25) is 4.79 Å². The highest BCUT2D eigenvalue weighted by Gasteiger charge is 2.29. The number of benzene rings is 4. The van der Waals surface area contributed by atoms with Gasteiger partial charge in [-0.25, -0.2) is 0 Å². The minimum absolute atomic E-state index is 0.0264. The molecule has 1 amide bonds. The number of aromatic amines is 1. The first kappa shape index (κ1) is 26.8. The molecular formula is C33H29F2N3O2. The van der Waals surface area contributed by atoms with E-state index in [-0.39, 0.29) is 17.9 Å². The van der Waals surface area contributed by atoms with E-state index in [9.17, 15) is 13.6 Å². The molecule has 1 unspecified atom stereocenters. The molecule has 0 bridgehead atoms. The normalized spacial score (nSPS) is 12.2. The van der Waals surface area contributed by atoms with Gasteiger partial charge in [-0.1, -0.05) is 79.4 Å². The van der Waals surface area contributed by atoms with Gasteiger partial charge in [-0.05, 0) is 58.5 Å². The summed E-state index contributed by atoms with van der Waals surface area (Å²) in [4.78, 5) is 16.8. The SMILES string of the molecule is C=CC(F)(F)Oc1ccc(-c2cccc(-c3ccccc3)c2)cc1C(=O)NC(CN)Cc1c[nH]c2ccccc12. The van der Waals surface area contributed by atoms with Gasteiger partial charge in [0.2, 0.25) is 0 Å². The largest absolute Gasteiger partial charge is 0.429 e. The van der Waals surface area contributed by atoms with Gasteiger partial charge in [-0.15, -0.1) is 0 Å². The maximum Gasteiger partial charge on any atom is 0.419 e. The highest BCUT2D eigenvalue weighted by Crippen LogP contribution is 2.32. The van der Waals surface area contributed by atoms with Crippen molar-refractivity contribution >= 4 is 16.8 Å². The smallest absolute Gasteiger partial charge is 0.419 e. The van der Waals surface area contributed by atoms with Gasteiger partial charge < -0.3 is 20.8 Å². The molecule has 0 aliphatic rings. The van der Waals surface area contributed by atoms with Crippen LogP contribution in [0.2, 0.25) is 0 Å². The van der Waals surface area contributed by atoms with E-state index in [4.69, 9.17) is 10.5 Å². The first-order chi connectivity index (χ1) is 19.4. The van der Waals surface area contributed by atoms with Gasteiger partial charge in [0.1, 0.15) is 5.75 Å². The molecule has 5 nitrogen and oxygen atoms in total. The number of aromatic nitrogens is 1. The van der Waals surface area contributed by atoms with E-state index in [0.717, 1.165) is 33.2 Å². The Morgan fingerprint density at radius 3 is 2.35 bits per heavy atom. The molecule has 1 aromatic heterocycles. The summed E-state index contributed by atoms with van der Waals surface area (Å²) >= 11 is 0. The predicted molar refractivity (Wildman–Crippen MR) is 155 cm³/mol. The van der Waals surface area contributed by atoms with Crippen molar-refractivity contribution in [3.63, 3.8) is 0 Å². The van der Waals surface area contributed by atoms with Crippen molar-refractivity contribution in [1.29, 1.82) is 0 Å². The number of para-hydroxylation sites is 1.